The average Bonchev–Trinajstić information content (AvgIpc) is 3.03. The van der Waals surface area contributed by atoms with Gasteiger partial charge < -0.3 is 9.84 Å². The predicted molar refractivity (Wildman–Crippen MR) is 83.1 cm³/mol. The Kier molecular flexibility index (Phi) is 5.14. The van der Waals surface area contributed by atoms with Crippen molar-refractivity contribution in [2.24, 2.45) is 0 Å². The third-order valence-corrected chi connectivity index (χ3v) is 5.42. The van der Waals surface area contributed by atoms with Crippen LogP contribution in [0.1, 0.15) is 25.6 Å². The Bertz CT molecular complexity index is 823. The van der Waals surface area contributed by atoms with Crippen LogP contribution in [0.3, 0.4) is 0 Å². The fourth-order valence-electron chi connectivity index (χ4n) is 1.77. The number of carboxylic acid groups (broad SMARTS) is 1. The summed E-state index contributed by atoms with van der Waals surface area (Å²) in [5.41, 5.74) is 0.704. The topological polar surface area (TPSA) is 110 Å². The van der Waals surface area contributed by atoms with Crippen molar-refractivity contribution >= 4 is 33.3 Å². The van der Waals surface area contributed by atoms with E-state index in [-0.39, 0.29) is 21.9 Å². The summed E-state index contributed by atoms with van der Waals surface area (Å²) in [6.45, 7) is -0.0291. The Morgan fingerprint density at radius 3 is 2.43 bits per heavy atom. The Morgan fingerprint density at radius 1 is 1.22 bits per heavy atom. The second-order valence-corrected chi connectivity index (χ2v) is 7.08. The fourth-order valence-corrected chi connectivity index (χ4v) is 4.12. The molecule has 9 heteroatoms. The van der Waals surface area contributed by atoms with Gasteiger partial charge in [-0.3, -0.25) is 0 Å². The van der Waals surface area contributed by atoms with Gasteiger partial charge in [0.15, 0.2) is 0 Å². The van der Waals surface area contributed by atoms with E-state index in [9.17, 15) is 18.0 Å². The number of esters is 1. The summed E-state index contributed by atoms with van der Waals surface area (Å²) in [6.07, 6.45) is 0. The van der Waals surface area contributed by atoms with Gasteiger partial charge in [-0.2, -0.15) is 0 Å². The molecule has 1 heterocycles. The van der Waals surface area contributed by atoms with E-state index in [0.29, 0.717) is 5.56 Å². The monoisotopic (exact) mass is 355 g/mol. The van der Waals surface area contributed by atoms with E-state index in [4.69, 9.17) is 5.11 Å². The van der Waals surface area contributed by atoms with Crippen LogP contribution in [0.2, 0.25) is 0 Å². The normalized spacial score (nSPS) is 11.2. The first-order valence-electron chi connectivity index (χ1n) is 6.33. The van der Waals surface area contributed by atoms with Crippen LogP contribution in [-0.2, 0) is 21.3 Å². The van der Waals surface area contributed by atoms with Crippen LogP contribution >= 0.6 is 11.3 Å². The molecule has 1 aromatic heterocycles. The van der Waals surface area contributed by atoms with Gasteiger partial charge in [-0.1, -0.05) is 12.1 Å². The first-order valence-corrected chi connectivity index (χ1v) is 8.69. The Morgan fingerprint density at radius 2 is 1.87 bits per heavy atom. The molecule has 0 aliphatic rings. The maximum Gasteiger partial charge on any atom is 0.349 e. The second-order valence-electron chi connectivity index (χ2n) is 4.43. The number of benzene rings is 1. The molecule has 7 nitrogen and oxygen atoms in total. The summed E-state index contributed by atoms with van der Waals surface area (Å²) in [4.78, 5) is 22.2. The van der Waals surface area contributed by atoms with Gasteiger partial charge in [0.2, 0.25) is 10.0 Å². The lowest BCUT2D eigenvalue weighted by molar-refractivity contribution is 0.0601. The van der Waals surface area contributed by atoms with Crippen LogP contribution in [0, 0.1) is 0 Å². The van der Waals surface area contributed by atoms with Crippen LogP contribution in [-0.4, -0.2) is 32.6 Å². The van der Waals surface area contributed by atoms with Gasteiger partial charge in [0.1, 0.15) is 9.77 Å². The van der Waals surface area contributed by atoms with Crippen molar-refractivity contribution in [3.05, 3.63) is 51.7 Å². The highest BCUT2D eigenvalue weighted by Gasteiger charge is 2.24. The summed E-state index contributed by atoms with van der Waals surface area (Å²) in [5.74, 6) is -1.77. The molecule has 0 bridgehead atoms. The van der Waals surface area contributed by atoms with E-state index in [0.717, 1.165) is 11.3 Å². The molecule has 0 atom stereocenters. The molecule has 0 radical (unpaired) electrons. The van der Waals surface area contributed by atoms with Crippen molar-refractivity contribution in [2.45, 2.75) is 11.4 Å². The number of aromatic carboxylic acids is 1. The molecule has 2 rings (SSSR count). The lowest BCUT2D eigenvalue weighted by Crippen LogP contribution is -2.24. The summed E-state index contributed by atoms with van der Waals surface area (Å²) < 4.78 is 31.5. The smallest absolute Gasteiger partial charge is 0.349 e. The molecule has 0 unspecified atom stereocenters. The van der Waals surface area contributed by atoms with E-state index >= 15 is 0 Å². The predicted octanol–water partition coefficient (Wildman–Crippen LogP) is 1.71. The summed E-state index contributed by atoms with van der Waals surface area (Å²) in [7, 11) is -2.71. The maximum atomic E-state index is 12.3. The van der Waals surface area contributed by atoms with Gasteiger partial charge >= 0.3 is 11.9 Å². The van der Waals surface area contributed by atoms with E-state index in [1.807, 2.05) is 0 Å². The molecule has 0 saturated heterocycles. The lowest BCUT2D eigenvalue weighted by atomic mass is 10.1. The summed E-state index contributed by atoms with van der Waals surface area (Å²) in [6, 6.07) is 7.13. The van der Waals surface area contributed by atoms with Crippen LogP contribution in [0.5, 0.6) is 0 Å². The highest BCUT2D eigenvalue weighted by Crippen LogP contribution is 2.22. The SMILES string of the molecule is COC(=O)c1sccc1S(=O)(=O)NCc1ccc(C(=O)O)cc1. The molecule has 0 amide bonds. The zero-order chi connectivity index (χ0) is 17.0. The summed E-state index contributed by atoms with van der Waals surface area (Å²) in [5, 5.41) is 10.3. The first-order chi connectivity index (χ1) is 10.8. The Labute approximate surface area is 136 Å². The number of methoxy groups -OCH3 is 1. The zero-order valence-electron chi connectivity index (χ0n) is 12.0. The second kappa shape index (κ2) is 6.90. The molecule has 0 saturated carbocycles. The minimum Gasteiger partial charge on any atom is -0.478 e. The number of carbonyl (C=O) groups is 2. The number of thiophene rings is 1. The number of rotatable bonds is 6. The molecule has 23 heavy (non-hydrogen) atoms. The number of nitrogens with one attached hydrogen (secondary N) is 1. The minimum absolute atomic E-state index is 0.00113. The van der Waals surface area contributed by atoms with Crippen LogP contribution in [0.4, 0.5) is 0 Å². The van der Waals surface area contributed by atoms with Crippen molar-refractivity contribution in [3.8, 4) is 0 Å². The number of ether oxygens (including phenoxy) is 1. The molecule has 0 fully saturated rings. The average molecular weight is 355 g/mol. The minimum atomic E-state index is -3.88. The Hall–Kier alpha value is -2.23. The van der Waals surface area contributed by atoms with E-state index < -0.39 is 22.0 Å². The molecule has 2 aromatic rings. The first kappa shape index (κ1) is 17.1. The fraction of sp³-hybridized carbons (Fsp3) is 0.143. The molecule has 0 aliphatic heterocycles. The van der Waals surface area contributed by atoms with Crippen LogP contribution in [0.25, 0.3) is 0 Å². The quantitative estimate of drug-likeness (QED) is 0.764. The van der Waals surface area contributed by atoms with Crippen molar-refractivity contribution in [1.29, 1.82) is 0 Å². The molecule has 1 aromatic carbocycles. The van der Waals surface area contributed by atoms with E-state index in [1.54, 1.807) is 0 Å². The highest BCUT2D eigenvalue weighted by molar-refractivity contribution is 7.89. The third kappa shape index (κ3) is 3.95. The number of hydrogen-bond acceptors (Lipinski definition) is 6. The number of hydrogen-bond donors (Lipinski definition) is 2. The molecule has 122 valence electrons. The van der Waals surface area contributed by atoms with Gasteiger partial charge in [-0.15, -0.1) is 11.3 Å². The van der Waals surface area contributed by atoms with Gasteiger partial charge in [0.05, 0.1) is 12.7 Å². The maximum absolute atomic E-state index is 12.3. The van der Waals surface area contributed by atoms with Gasteiger partial charge in [0, 0.05) is 6.54 Å². The van der Waals surface area contributed by atoms with Crippen LogP contribution < -0.4 is 4.72 Å². The lowest BCUT2D eigenvalue weighted by Gasteiger charge is -2.07. The number of carboxylic acids is 1. The van der Waals surface area contributed by atoms with Crippen LogP contribution in [0.15, 0.2) is 40.6 Å². The van der Waals surface area contributed by atoms with E-state index in [1.165, 1.54) is 42.8 Å². The van der Waals surface area contributed by atoms with Crippen molar-refractivity contribution < 1.29 is 27.9 Å². The van der Waals surface area contributed by atoms with Gasteiger partial charge in [-0.25, -0.2) is 22.7 Å². The van der Waals surface area contributed by atoms with Gasteiger partial charge in [-0.05, 0) is 29.1 Å². The van der Waals surface area contributed by atoms with E-state index in [2.05, 4.69) is 9.46 Å². The molecule has 2 N–H and O–H groups in total. The summed E-state index contributed by atoms with van der Waals surface area (Å²) >= 11 is 0.977. The molecule has 0 spiro atoms. The number of carbonyl (C=O) groups excluding carboxylic acids is 1. The highest BCUT2D eigenvalue weighted by atomic mass is 32.2. The zero-order valence-corrected chi connectivity index (χ0v) is 13.6. The molecule has 0 aliphatic carbocycles. The Balaban J connectivity index is 2.14. The standard InChI is InChI=1S/C14H13NO6S2/c1-21-14(18)12-11(6-7-22-12)23(19,20)15-8-9-2-4-10(5-3-9)13(16)17/h2-7,15H,8H2,1H3,(H,16,17). The van der Waals surface area contributed by atoms with Crippen molar-refractivity contribution in [2.75, 3.05) is 7.11 Å². The third-order valence-electron chi connectivity index (χ3n) is 2.96. The van der Waals surface area contributed by atoms with Gasteiger partial charge in [0.25, 0.3) is 0 Å². The largest absolute Gasteiger partial charge is 0.478 e. The molecular weight excluding hydrogens is 342 g/mol. The van der Waals surface area contributed by atoms with Crippen molar-refractivity contribution in [1.82, 2.24) is 4.72 Å². The molecular formula is C14H13NO6S2. The number of sulfonamides is 1. The van der Waals surface area contributed by atoms with Crippen molar-refractivity contribution in [3.63, 3.8) is 0 Å².